The predicted octanol–water partition coefficient (Wildman–Crippen LogP) is 3.93. The summed E-state index contributed by atoms with van der Waals surface area (Å²) < 4.78 is 5.56. The summed E-state index contributed by atoms with van der Waals surface area (Å²) in [5.74, 6) is 1.08. The average molecular weight is 472 g/mol. The number of ether oxygens (including phenoxy) is 1. The summed E-state index contributed by atoms with van der Waals surface area (Å²) >= 11 is 0. The molecule has 0 saturated carbocycles. The number of pyridine rings is 1. The zero-order valence-electron chi connectivity index (χ0n) is 20.6. The number of aromatic nitrogens is 3. The fraction of sp³-hybridized carbons (Fsp3) is 0.429. The van der Waals surface area contributed by atoms with Gasteiger partial charge in [-0.25, -0.2) is 9.97 Å². The van der Waals surface area contributed by atoms with Crippen LogP contribution in [0.1, 0.15) is 47.4 Å². The number of amides is 1. The number of piperidine rings is 1. The molecule has 1 amide bonds. The maximum atomic E-state index is 14.0. The van der Waals surface area contributed by atoms with Gasteiger partial charge in [-0.2, -0.15) is 0 Å². The van der Waals surface area contributed by atoms with Gasteiger partial charge in [-0.3, -0.25) is 14.7 Å². The Labute approximate surface area is 207 Å². The van der Waals surface area contributed by atoms with Crippen molar-refractivity contribution >= 4 is 5.91 Å². The van der Waals surface area contributed by atoms with Crippen LogP contribution in [0.5, 0.6) is 0 Å². The molecular weight excluding hydrogens is 438 g/mol. The second kappa shape index (κ2) is 10.6. The van der Waals surface area contributed by atoms with Gasteiger partial charge < -0.3 is 9.64 Å². The average Bonchev–Trinajstić information content (AvgIpc) is 2.90. The fourth-order valence-corrected chi connectivity index (χ4v) is 5.29. The van der Waals surface area contributed by atoms with Crippen LogP contribution in [0.2, 0.25) is 0 Å². The third-order valence-electron chi connectivity index (χ3n) is 7.03. The highest BCUT2D eigenvalue weighted by molar-refractivity contribution is 5.83. The van der Waals surface area contributed by atoms with Gasteiger partial charge in [0.05, 0.1) is 18.9 Å². The lowest BCUT2D eigenvalue weighted by Crippen LogP contribution is -2.49. The van der Waals surface area contributed by atoms with Gasteiger partial charge in [-0.05, 0) is 43.9 Å². The Morgan fingerprint density at radius 1 is 1.09 bits per heavy atom. The second-order valence-corrected chi connectivity index (χ2v) is 9.55. The molecule has 35 heavy (non-hydrogen) atoms. The SMILES string of the molecule is Cc1cccc(-c2cnc(C)nc2[C@@H]2CCCN(C(=O)[C@@H](c3cccnc3)N3CCOCC3)C2)c1. The van der Waals surface area contributed by atoms with Crippen LogP contribution < -0.4 is 0 Å². The number of carbonyl (C=O) groups excluding carboxylic acids is 1. The Morgan fingerprint density at radius 2 is 1.94 bits per heavy atom. The quantitative estimate of drug-likeness (QED) is 0.561. The number of hydrogen-bond acceptors (Lipinski definition) is 6. The zero-order chi connectivity index (χ0) is 24.2. The number of hydrogen-bond donors (Lipinski definition) is 0. The summed E-state index contributed by atoms with van der Waals surface area (Å²) in [6.07, 6.45) is 7.48. The highest BCUT2D eigenvalue weighted by atomic mass is 16.5. The molecule has 4 heterocycles. The van der Waals surface area contributed by atoms with Crippen molar-refractivity contribution in [1.82, 2.24) is 24.8 Å². The van der Waals surface area contributed by atoms with Crippen LogP contribution in [-0.2, 0) is 9.53 Å². The van der Waals surface area contributed by atoms with E-state index in [1.807, 2.05) is 36.4 Å². The van der Waals surface area contributed by atoms with Gasteiger partial charge in [0.1, 0.15) is 11.9 Å². The summed E-state index contributed by atoms with van der Waals surface area (Å²) in [6, 6.07) is 12.1. The normalized spacial score (nSPS) is 19.9. The van der Waals surface area contributed by atoms with E-state index in [2.05, 4.69) is 46.1 Å². The first-order valence-corrected chi connectivity index (χ1v) is 12.5. The number of morpholine rings is 1. The van der Waals surface area contributed by atoms with E-state index < -0.39 is 0 Å². The molecule has 0 unspecified atom stereocenters. The van der Waals surface area contributed by atoms with Crippen molar-refractivity contribution in [2.24, 2.45) is 0 Å². The minimum Gasteiger partial charge on any atom is -0.379 e. The smallest absolute Gasteiger partial charge is 0.244 e. The van der Waals surface area contributed by atoms with Gasteiger partial charge in [0.2, 0.25) is 5.91 Å². The molecular formula is C28H33N5O2. The standard InChI is InChI=1S/C28H33N5O2/c1-20-6-3-7-22(16-20)25-18-30-21(2)31-26(25)24-9-5-11-33(19-24)28(34)27(23-8-4-10-29-17-23)32-12-14-35-15-13-32/h3-4,6-8,10,16-18,24,27H,5,9,11-15,19H2,1-2H3/t24-,27-/m1/s1. The highest BCUT2D eigenvalue weighted by Gasteiger charge is 2.35. The molecule has 2 aliphatic rings. The zero-order valence-corrected chi connectivity index (χ0v) is 20.6. The summed E-state index contributed by atoms with van der Waals surface area (Å²) in [5.41, 5.74) is 5.39. The minimum absolute atomic E-state index is 0.146. The molecule has 2 aliphatic heterocycles. The van der Waals surface area contributed by atoms with Crippen molar-refractivity contribution < 1.29 is 9.53 Å². The number of nitrogens with zero attached hydrogens (tertiary/aromatic N) is 5. The van der Waals surface area contributed by atoms with Crippen molar-refractivity contribution in [3.8, 4) is 11.1 Å². The van der Waals surface area contributed by atoms with E-state index in [1.54, 1.807) is 6.20 Å². The largest absolute Gasteiger partial charge is 0.379 e. The van der Waals surface area contributed by atoms with Gasteiger partial charge in [0.15, 0.2) is 0 Å². The molecule has 2 aromatic heterocycles. The van der Waals surface area contributed by atoms with Crippen LogP contribution >= 0.6 is 0 Å². The van der Waals surface area contributed by atoms with Gasteiger partial charge in [-0.1, -0.05) is 35.9 Å². The molecule has 7 nitrogen and oxygen atoms in total. The number of likely N-dealkylation sites (tertiary alicyclic amines) is 1. The van der Waals surface area contributed by atoms with Crippen molar-refractivity contribution in [3.05, 3.63) is 77.6 Å². The Hall–Kier alpha value is -3.16. The molecule has 0 aliphatic carbocycles. The van der Waals surface area contributed by atoms with E-state index in [1.165, 1.54) is 5.56 Å². The van der Waals surface area contributed by atoms with Gasteiger partial charge in [0, 0.05) is 56.3 Å². The molecule has 0 spiro atoms. The second-order valence-electron chi connectivity index (χ2n) is 9.55. The molecule has 2 atom stereocenters. The summed E-state index contributed by atoms with van der Waals surface area (Å²) in [6.45, 7) is 8.24. The van der Waals surface area contributed by atoms with E-state index in [4.69, 9.17) is 9.72 Å². The molecule has 0 radical (unpaired) electrons. The number of aryl methyl sites for hydroxylation is 2. The summed E-state index contributed by atoms with van der Waals surface area (Å²) in [4.78, 5) is 32.0. The molecule has 3 aromatic rings. The lowest BCUT2D eigenvalue weighted by Gasteiger charge is -2.39. The molecule has 0 bridgehead atoms. The molecule has 0 N–H and O–H groups in total. The van der Waals surface area contributed by atoms with E-state index in [0.717, 1.165) is 60.7 Å². The molecule has 182 valence electrons. The van der Waals surface area contributed by atoms with E-state index >= 15 is 0 Å². The third kappa shape index (κ3) is 5.26. The van der Waals surface area contributed by atoms with Gasteiger partial charge >= 0.3 is 0 Å². The molecule has 5 rings (SSSR count). The van der Waals surface area contributed by atoms with Crippen LogP contribution in [0, 0.1) is 13.8 Å². The maximum Gasteiger partial charge on any atom is 0.244 e. The van der Waals surface area contributed by atoms with Crippen LogP contribution in [0.15, 0.2) is 55.0 Å². The molecule has 7 heteroatoms. The van der Waals surface area contributed by atoms with E-state index in [-0.39, 0.29) is 17.9 Å². The first kappa shape index (κ1) is 23.6. The monoisotopic (exact) mass is 471 g/mol. The first-order chi connectivity index (χ1) is 17.1. The minimum atomic E-state index is -0.338. The van der Waals surface area contributed by atoms with Crippen LogP contribution in [0.4, 0.5) is 0 Å². The predicted molar refractivity (Wildman–Crippen MR) is 135 cm³/mol. The Kier molecular flexibility index (Phi) is 7.16. The Balaban J connectivity index is 1.44. The van der Waals surface area contributed by atoms with E-state index in [0.29, 0.717) is 19.8 Å². The Bertz CT molecular complexity index is 1160. The first-order valence-electron chi connectivity index (χ1n) is 12.5. The van der Waals surface area contributed by atoms with Gasteiger partial charge in [-0.15, -0.1) is 0 Å². The summed E-state index contributed by atoms with van der Waals surface area (Å²) in [5, 5.41) is 0. The number of benzene rings is 1. The fourth-order valence-electron chi connectivity index (χ4n) is 5.29. The number of rotatable bonds is 5. The maximum absolute atomic E-state index is 14.0. The van der Waals surface area contributed by atoms with Crippen LogP contribution in [0.25, 0.3) is 11.1 Å². The highest BCUT2D eigenvalue weighted by Crippen LogP contribution is 2.35. The third-order valence-corrected chi connectivity index (χ3v) is 7.03. The van der Waals surface area contributed by atoms with Crippen molar-refractivity contribution in [2.45, 2.75) is 38.6 Å². The lowest BCUT2D eigenvalue weighted by molar-refractivity contribution is -0.140. The molecule has 1 aromatic carbocycles. The number of carbonyl (C=O) groups is 1. The van der Waals surface area contributed by atoms with Crippen molar-refractivity contribution in [1.29, 1.82) is 0 Å². The van der Waals surface area contributed by atoms with Crippen molar-refractivity contribution in [3.63, 3.8) is 0 Å². The van der Waals surface area contributed by atoms with Crippen LogP contribution in [-0.4, -0.2) is 70.1 Å². The van der Waals surface area contributed by atoms with Gasteiger partial charge in [0.25, 0.3) is 0 Å². The topological polar surface area (TPSA) is 71.5 Å². The Morgan fingerprint density at radius 3 is 2.71 bits per heavy atom. The van der Waals surface area contributed by atoms with Crippen molar-refractivity contribution in [2.75, 3.05) is 39.4 Å². The van der Waals surface area contributed by atoms with E-state index in [9.17, 15) is 4.79 Å². The molecule has 2 saturated heterocycles. The van der Waals surface area contributed by atoms with Crippen LogP contribution in [0.3, 0.4) is 0 Å². The summed E-state index contributed by atoms with van der Waals surface area (Å²) in [7, 11) is 0. The lowest BCUT2D eigenvalue weighted by atomic mass is 9.89. The molecule has 2 fully saturated rings.